The molecular weight excluding hydrogens is 238 g/mol. The zero-order chi connectivity index (χ0) is 10.1. The lowest BCUT2D eigenvalue weighted by Crippen LogP contribution is -1.75. The number of fused-ring (bicyclic) bond motifs is 1. The minimum absolute atomic E-state index is 1.12. The summed E-state index contributed by atoms with van der Waals surface area (Å²) in [5, 5.41) is 1.27. The van der Waals surface area contributed by atoms with Gasteiger partial charge in [-0.25, -0.2) is 0 Å². The lowest BCUT2D eigenvalue weighted by molar-refractivity contribution is 1.45. The van der Waals surface area contributed by atoms with E-state index in [1.807, 2.05) is 6.07 Å². The third-order valence-corrected chi connectivity index (χ3v) is 2.99. The fourth-order valence-corrected chi connectivity index (χ4v) is 1.94. The van der Waals surface area contributed by atoms with E-state index in [4.69, 9.17) is 0 Å². The van der Waals surface area contributed by atoms with Crippen LogP contribution in [0.1, 0.15) is 19.4 Å². The highest BCUT2D eigenvalue weighted by molar-refractivity contribution is 9.10. The number of aromatic amines is 1. The van der Waals surface area contributed by atoms with Crippen molar-refractivity contribution in [3.63, 3.8) is 0 Å². The average molecular weight is 250 g/mol. The Bertz CT molecular complexity index is 494. The maximum Gasteiger partial charge on any atom is 0.0461 e. The number of allylic oxidation sites excluding steroid dienone is 2. The summed E-state index contributed by atoms with van der Waals surface area (Å²) in [7, 11) is 0. The molecule has 2 rings (SSSR count). The predicted molar refractivity (Wildman–Crippen MR) is 65.3 cm³/mol. The van der Waals surface area contributed by atoms with E-state index >= 15 is 0 Å². The van der Waals surface area contributed by atoms with Crippen LogP contribution >= 0.6 is 15.9 Å². The van der Waals surface area contributed by atoms with Gasteiger partial charge in [0.15, 0.2) is 0 Å². The van der Waals surface area contributed by atoms with Crippen molar-refractivity contribution in [3.05, 3.63) is 40.5 Å². The Hall–Kier alpha value is -1.02. The lowest BCUT2D eigenvalue weighted by Gasteiger charge is -1.98. The van der Waals surface area contributed by atoms with Crippen molar-refractivity contribution in [3.8, 4) is 0 Å². The first-order chi connectivity index (χ1) is 6.72. The maximum atomic E-state index is 3.49. The molecule has 2 aromatic rings. The SMILES string of the molecule is C/C=C(\C)c1c[nH]c2ccc(Br)cc12. The Morgan fingerprint density at radius 2 is 2.21 bits per heavy atom. The van der Waals surface area contributed by atoms with Crippen molar-refractivity contribution < 1.29 is 0 Å². The second-order valence-electron chi connectivity index (χ2n) is 3.36. The van der Waals surface area contributed by atoms with Gasteiger partial charge in [0, 0.05) is 27.1 Å². The van der Waals surface area contributed by atoms with Crippen LogP contribution < -0.4 is 0 Å². The number of rotatable bonds is 1. The van der Waals surface area contributed by atoms with E-state index in [0.29, 0.717) is 0 Å². The number of H-pyrrole nitrogens is 1. The summed E-state index contributed by atoms with van der Waals surface area (Å²) in [6.45, 7) is 4.19. The molecule has 0 aliphatic rings. The number of benzene rings is 1. The highest BCUT2D eigenvalue weighted by Gasteiger charge is 2.04. The van der Waals surface area contributed by atoms with Crippen LogP contribution in [0.15, 0.2) is 34.9 Å². The first kappa shape index (κ1) is 9.53. The smallest absolute Gasteiger partial charge is 0.0461 e. The van der Waals surface area contributed by atoms with Crippen LogP contribution in [0.4, 0.5) is 0 Å². The van der Waals surface area contributed by atoms with Gasteiger partial charge in [0.2, 0.25) is 0 Å². The van der Waals surface area contributed by atoms with E-state index in [9.17, 15) is 0 Å². The third kappa shape index (κ3) is 1.50. The van der Waals surface area contributed by atoms with E-state index in [0.717, 1.165) is 4.47 Å². The molecule has 1 aromatic carbocycles. The molecule has 0 aliphatic heterocycles. The largest absolute Gasteiger partial charge is 0.361 e. The zero-order valence-corrected chi connectivity index (χ0v) is 9.85. The first-order valence-corrected chi connectivity index (χ1v) is 5.41. The van der Waals surface area contributed by atoms with E-state index in [1.54, 1.807) is 0 Å². The Morgan fingerprint density at radius 1 is 1.43 bits per heavy atom. The molecule has 1 N–H and O–H groups in total. The van der Waals surface area contributed by atoms with Gasteiger partial charge in [0.25, 0.3) is 0 Å². The molecule has 0 amide bonds. The van der Waals surface area contributed by atoms with Gasteiger partial charge in [-0.3, -0.25) is 0 Å². The fourth-order valence-electron chi connectivity index (χ4n) is 1.57. The molecule has 0 spiro atoms. The lowest BCUT2D eigenvalue weighted by atomic mass is 10.1. The number of aromatic nitrogens is 1. The van der Waals surface area contributed by atoms with Crippen LogP contribution in [0.25, 0.3) is 16.5 Å². The standard InChI is InChI=1S/C12H12BrN/c1-3-8(2)11-7-14-12-5-4-9(13)6-10(11)12/h3-7,14H,1-2H3/b8-3+. The van der Waals surface area contributed by atoms with Crippen LogP contribution in [0, 0.1) is 0 Å². The number of halogens is 1. The normalized spacial score (nSPS) is 12.4. The topological polar surface area (TPSA) is 15.8 Å². The summed E-state index contributed by atoms with van der Waals surface area (Å²) in [4.78, 5) is 3.27. The van der Waals surface area contributed by atoms with E-state index in [2.05, 4.69) is 59.2 Å². The molecular formula is C12H12BrN. The molecule has 0 radical (unpaired) electrons. The van der Waals surface area contributed by atoms with Crippen LogP contribution in [-0.2, 0) is 0 Å². The quantitative estimate of drug-likeness (QED) is 0.774. The molecule has 0 atom stereocenters. The zero-order valence-electron chi connectivity index (χ0n) is 8.26. The predicted octanol–water partition coefficient (Wildman–Crippen LogP) is 4.35. The molecule has 1 heterocycles. The van der Waals surface area contributed by atoms with Gasteiger partial charge < -0.3 is 4.98 Å². The highest BCUT2D eigenvalue weighted by atomic mass is 79.9. The van der Waals surface area contributed by atoms with Gasteiger partial charge in [-0.2, -0.15) is 0 Å². The Morgan fingerprint density at radius 3 is 2.93 bits per heavy atom. The molecule has 0 saturated heterocycles. The summed E-state index contributed by atoms with van der Waals surface area (Å²) >= 11 is 3.49. The molecule has 1 nitrogen and oxygen atoms in total. The molecule has 2 heteroatoms. The highest BCUT2D eigenvalue weighted by Crippen LogP contribution is 2.27. The summed E-state index contributed by atoms with van der Waals surface area (Å²) in [5.74, 6) is 0. The number of hydrogen-bond acceptors (Lipinski definition) is 0. The van der Waals surface area contributed by atoms with Crippen molar-refractivity contribution >= 4 is 32.4 Å². The fraction of sp³-hybridized carbons (Fsp3) is 0.167. The summed E-state index contributed by atoms with van der Waals surface area (Å²) in [6, 6.07) is 6.29. The Kier molecular flexibility index (Phi) is 2.46. The number of hydrogen-bond donors (Lipinski definition) is 1. The van der Waals surface area contributed by atoms with Gasteiger partial charge in [-0.15, -0.1) is 0 Å². The van der Waals surface area contributed by atoms with Crippen molar-refractivity contribution in [2.75, 3.05) is 0 Å². The van der Waals surface area contributed by atoms with Gasteiger partial charge in [0.05, 0.1) is 0 Å². The van der Waals surface area contributed by atoms with Crippen molar-refractivity contribution in [1.29, 1.82) is 0 Å². The van der Waals surface area contributed by atoms with Crippen LogP contribution in [0.5, 0.6) is 0 Å². The van der Waals surface area contributed by atoms with Crippen molar-refractivity contribution in [1.82, 2.24) is 4.98 Å². The average Bonchev–Trinajstić information content (AvgIpc) is 2.59. The summed E-state index contributed by atoms with van der Waals surface area (Å²) in [5.41, 5.74) is 3.77. The first-order valence-electron chi connectivity index (χ1n) is 4.62. The molecule has 72 valence electrons. The number of nitrogens with one attached hydrogen (secondary N) is 1. The second-order valence-corrected chi connectivity index (χ2v) is 4.28. The van der Waals surface area contributed by atoms with Gasteiger partial charge in [0.1, 0.15) is 0 Å². The monoisotopic (exact) mass is 249 g/mol. The second kappa shape index (κ2) is 3.62. The molecule has 1 aromatic heterocycles. The van der Waals surface area contributed by atoms with Crippen molar-refractivity contribution in [2.24, 2.45) is 0 Å². The molecule has 14 heavy (non-hydrogen) atoms. The minimum Gasteiger partial charge on any atom is -0.361 e. The molecule has 0 bridgehead atoms. The molecule has 0 aliphatic carbocycles. The Balaban J connectivity index is 2.73. The maximum absolute atomic E-state index is 3.49. The van der Waals surface area contributed by atoms with Crippen LogP contribution in [0.2, 0.25) is 0 Å². The van der Waals surface area contributed by atoms with Crippen LogP contribution in [-0.4, -0.2) is 4.98 Å². The third-order valence-electron chi connectivity index (χ3n) is 2.50. The molecule has 0 fully saturated rings. The minimum atomic E-state index is 1.12. The van der Waals surface area contributed by atoms with Gasteiger partial charge >= 0.3 is 0 Å². The van der Waals surface area contributed by atoms with Gasteiger partial charge in [-0.05, 0) is 37.6 Å². The summed E-state index contributed by atoms with van der Waals surface area (Å²) < 4.78 is 1.12. The Labute approximate surface area is 92.0 Å². The van der Waals surface area contributed by atoms with Crippen molar-refractivity contribution in [2.45, 2.75) is 13.8 Å². The van der Waals surface area contributed by atoms with Gasteiger partial charge in [-0.1, -0.05) is 22.0 Å². The molecule has 0 unspecified atom stereocenters. The molecule has 0 saturated carbocycles. The van der Waals surface area contributed by atoms with E-state index in [1.165, 1.54) is 22.0 Å². The van der Waals surface area contributed by atoms with E-state index < -0.39 is 0 Å². The van der Waals surface area contributed by atoms with Crippen LogP contribution in [0.3, 0.4) is 0 Å². The summed E-state index contributed by atoms with van der Waals surface area (Å²) in [6.07, 6.45) is 4.19. The van der Waals surface area contributed by atoms with E-state index in [-0.39, 0.29) is 0 Å².